The molecule has 4 heteroatoms. The number of hydrogen-bond donors (Lipinski definition) is 1. The monoisotopic (exact) mass is 284 g/mol. The number of aryl methyl sites for hydroxylation is 2. The summed E-state index contributed by atoms with van der Waals surface area (Å²) in [6.07, 6.45) is 5.56. The zero-order valence-electron chi connectivity index (χ0n) is 12.2. The molecule has 0 aliphatic heterocycles. The highest BCUT2D eigenvalue weighted by Gasteiger charge is 2.38. The van der Waals surface area contributed by atoms with Gasteiger partial charge in [0, 0.05) is 13.0 Å². The molecule has 0 amide bonds. The van der Waals surface area contributed by atoms with Crippen molar-refractivity contribution in [1.29, 1.82) is 0 Å². The molecule has 2 atom stereocenters. The van der Waals surface area contributed by atoms with Gasteiger partial charge in [0.1, 0.15) is 0 Å². The van der Waals surface area contributed by atoms with E-state index in [2.05, 4.69) is 25.9 Å². The van der Waals surface area contributed by atoms with E-state index in [1.807, 2.05) is 4.68 Å². The van der Waals surface area contributed by atoms with Gasteiger partial charge in [-0.3, -0.25) is 4.68 Å². The molecule has 108 valence electrons. The standard InChI is InChI=1S/C15H25ClN2O/c1-4-11-7-8-15(19,9-11)10-13-14(16)12(5-2)17-18(13)6-3/h11,19H,4-10H2,1-3H3. The largest absolute Gasteiger partial charge is 0.389 e. The minimum atomic E-state index is -0.581. The number of rotatable bonds is 5. The van der Waals surface area contributed by atoms with Crippen LogP contribution in [0, 0.1) is 5.92 Å². The summed E-state index contributed by atoms with van der Waals surface area (Å²) in [5, 5.41) is 16.1. The zero-order valence-corrected chi connectivity index (χ0v) is 13.0. The predicted octanol–water partition coefficient (Wildman–Crippen LogP) is 3.60. The molecule has 1 aromatic heterocycles. The molecule has 2 unspecified atom stereocenters. The SMILES string of the molecule is CCc1nn(CC)c(CC2(O)CCC(CC)C2)c1Cl. The van der Waals surface area contributed by atoms with Crippen LogP contribution in [0.25, 0.3) is 0 Å². The molecule has 0 saturated heterocycles. The molecule has 1 saturated carbocycles. The number of halogens is 1. The molecule has 19 heavy (non-hydrogen) atoms. The second-order valence-electron chi connectivity index (χ2n) is 5.79. The van der Waals surface area contributed by atoms with E-state index in [9.17, 15) is 5.11 Å². The first-order valence-corrected chi connectivity index (χ1v) is 7.87. The van der Waals surface area contributed by atoms with Crippen molar-refractivity contribution in [3.63, 3.8) is 0 Å². The fraction of sp³-hybridized carbons (Fsp3) is 0.800. The molecular formula is C15H25ClN2O. The van der Waals surface area contributed by atoms with Crippen LogP contribution in [-0.4, -0.2) is 20.5 Å². The van der Waals surface area contributed by atoms with Crippen LogP contribution < -0.4 is 0 Å². The minimum Gasteiger partial charge on any atom is -0.389 e. The summed E-state index contributed by atoms with van der Waals surface area (Å²) in [6.45, 7) is 7.15. The molecule has 1 N–H and O–H groups in total. The molecule has 0 radical (unpaired) electrons. The summed E-state index contributed by atoms with van der Waals surface area (Å²) in [6, 6.07) is 0. The van der Waals surface area contributed by atoms with Crippen LogP contribution >= 0.6 is 11.6 Å². The maximum Gasteiger partial charge on any atom is 0.0850 e. The van der Waals surface area contributed by atoms with Gasteiger partial charge < -0.3 is 5.11 Å². The van der Waals surface area contributed by atoms with Crippen LogP contribution in [0.3, 0.4) is 0 Å². The number of aliphatic hydroxyl groups is 1. The van der Waals surface area contributed by atoms with Crippen molar-refractivity contribution < 1.29 is 5.11 Å². The van der Waals surface area contributed by atoms with Crippen molar-refractivity contribution >= 4 is 11.6 Å². The Morgan fingerprint density at radius 3 is 2.68 bits per heavy atom. The lowest BCUT2D eigenvalue weighted by atomic mass is 9.93. The van der Waals surface area contributed by atoms with Crippen molar-refractivity contribution in [2.45, 2.75) is 71.4 Å². The third kappa shape index (κ3) is 2.97. The van der Waals surface area contributed by atoms with Crippen molar-refractivity contribution in [2.24, 2.45) is 5.92 Å². The summed E-state index contributed by atoms with van der Waals surface area (Å²) in [5.74, 6) is 0.660. The minimum absolute atomic E-state index is 0.581. The topological polar surface area (TPSA) is 38.0 Å². The quantitative estimate of drug-likeness (QED) is 0.897. The molecule has 1 heterocycles. The average molecular weight is 285 g/mol. The summed E-state index contributed by atoms with van der Waals surface area (Å²) in [5.41, 5.74) is 1.38. The maximum atomic E-state index is 10.8. The van der Waals surface area contributed by atoms with Crippen molar-refractivity contribution in [2.75, 3.05) is 0 Å². The molecule has 3 nitrogen and oxygen atoms in total. The van der Waals surface area contributed by atoms with Crippen LogP contribution in [0.2, 0.25) is 5.02 Å². The second kappa shape index (κ2) is 5.84. The van der Waals surface area contributed by atoms with Crippen LogP contribution in [0.4, 0.5) is 0 Å². The molecule has 1 aliphatic rings. The van der Waals surface area contributed by atoms with Gasteiger partial charge in [0.2, 0.25) is 0 Å². The molecule has 2 rings (SSSR count). The Kier molecular flexibility index (Phi) is 4.57. The Morgan fingerprint density at radius 2 is 2.16 bits per heavy atom. The first-order chi connectivity index (χ1) is 9.03. The van der Waals surface area contributed by atoms with E-state index in [1.165, 1.54) is 0 Å². The lowest BCUT2D eigenvalue weighted by molar-refractivity contribution is 0.0416. The van der Waals surface area contributed by atoms with E-state index < -0.39 is 5.60 Å². The number of aromatic nitrogens is 2. The van der Waals surface area contributed by atoms with Gasteiger partial charge in [-0.25, -0.2) is 0 Å². The summed E-state index contributed by atoms with van der Waals surface area (Å²) in [4.78, 5) is 0. The van der Waals surface area contributed by atoms with Gasteiger partial charge in [0.05, 0.1) is 22.0 Å². The van der Waals surface area contributed by atoms with Gasteiger partial charge in [-0.1, -0.05) is 31.9 Å². The summed E-state index contributed by atoms with van der Waals surface area (Å²) < 4.78 is 1.96. The molecule has 0 bridgehead atoms. The lowest BCUT2D eigenvalue weighted by Crippen LogP contribution is -2.29. The molecule has 1 fully saturated rings. The first-order valence-electron chi connectivity index (χ1n) is 7.49. The predicted molar refractivity (Wildman–Crippen MR) is 78.6 cm³/mol. The molecule has 1 aromatic rings. The van der Waals surface area contributed by atoms with E-state index in [4.69, 9.17) is 11.6 Å². The fourth-order valence-corrected chi connectivity index (χ4v) is 3.56. The Morgan fingerprint density at radius 1 is 1.42 bits per heavy atom. The summed E-state index contributed by atoms with van der Waals surface area (Å²) in [7, 11) is 0. The van der Waals surface area contributed by atoms with Crippen molar-refractivity contribution in [3.05, 3.63) is 16.4 Å². The van der Waals surface area contributed by atoms with E-state index >= 15 is 0 Å². The number of nitrogens with zero attached hydrogens (tertiary/aromatic N) is 2. The molecule has 0 aromatic carbocycles. The van der Waals surface area contributed by atoms with Crippen LogP contribution in [0.1, 0.15) is 57.8 Å². The van der Waals surface area contributed by atoms with E-state index in [0.29, 0.717) is 12.3 Å². The van der Waals surface area contributed by atoms with E-state index in [0.717, 1.165) is 55.1 Å². The first kappa shape index (κ1) is 14.9. The smallest absolute Gasteiger partial charge is 0.0850 e. The van der Waals surface area contributed by atoms with Gasteiger partial charge >= 0.3 is 0 Å². The van der Waals surface area contributed by atoms with Crippen LogP contribution in [0.5, 0.6) is 0 Å². The van der Waals surface area contributed by atoms with Crippen molar-refractivity contribution in [3.8, 4) is 0 Å². The molecule has 0 spiro atoms. The van der Waals surface area contributed by atoms with Crippen LogP contribution in [0.15, 0.2) is 0 Å². The fourth-order valence-electron chi connectivity index (χ4n) is 3.22. The highest BCUT2D eigenvalue weighted by atomic mass is 35.5. The van der Waals surface area contributed by atoms with Gasteiger partial charge in [0.15, 0.2) is 0 Å². The number of hydrogen-bond acceptors (Lipinski definition) is 2. The highest BCUT2D eigenvalue weighted by molar-refractivity contribution is 6.31. The van der Waals surface area contributed by atoms with Gasteiger partial charge in [0.25, 0.3) is 0 Å². The maximum absolute atomic E-state index is 10.8. The van der Waals surface area contributed by atoms with Gasteiger partial charge in [-0.05, 0) is 38.5 Å². The average Bonchev–Trinajstić information content (AvgIpc) is 2.92. The molecular weight excluding hydrogens is 260 g/mol. The Balaban J connectivity index is 2.21. The van der Waals surface area contributed by atoms with E-state index in [1.54, 1.807) is 0 Å². The third-order valence-corrected chi connectivity index (χ3v) is 4.89. The molecule has 1 aliphatic carbocycles. The third-order valence-electron chi connectivity index (χ3n) is 4.45. The zero-order chi connectivity index (χ0) is 14.0. The highest BCUT2D eigenvalue weighted by Crippen LogP contribution is 2.39. The Hall–Kier alpha value is -0.540. The Labute approximate surface area is 121 Å². The van der Waals surface area contributed by atoms with Crippen molar-refractivity contribution in [1.82, 2.24) is 9.78 Å². The lowest BCUT2D eigenvalue weighted by Gasteiger charge is -2.23. The van der Waals surface area contributed by atoms with Gasteiger partial charge in [-0.2, -0.15) is 5.10 Å². The van der Waals surface area contributed by atoms with E-state index in [-0.39, 0.29) is 0 Å². The van der Waals surface area contributed by atoms with Crippen LogP contribution in [-0.2, 0) is 19.4 Å². The normalized spacial score (nSPS) is 27.1. The summed E-state index contributed by atoms with van der Waals surface area (Å²) >= 11 is 6.42. The second-order valence-corrected chi connectivity index (χ2v) is 6.17. The Bertz CT molecular complexity index is 444. The van der Waals surface area contributed by atoms with Gasteiger partial charge in [-0.15, -0.1) is 0 Å².